The van der Waals surface area contributed by atoms with Gasteiger partial charge in [0.25, 0.3) is 5.56 Å². The van der Waals surface area contributed by atoms with Crippen molar-refractivity contribution in [1.82, 2.24) is 14.5 Å². The first-order valence-electron chi connectivity index (χ1n) is 12.3. The van der Waals surface area contributed by atoms with Crippen molar-refractivity contribution in [3.8, 4) is 11.3 Å². The fourth-order valence-electron chi connectivity index (χ4n) is 5.14. The smallest absolute Gasteiger partial charge is 0.277 e. The molecule has 0 spiro atoms. The minimum Gasteiger partial charge on any atom is -0.409 e. The molecule has 0 unspecified atom stereocenters. The molecule has 2 atom stereocenters. The number of oxime groups is 1. The van der Waals surface area contributed by atoms with Crippen molar-refractivity contribution in [2.24, 2.45) is 10.9 Å². The van der Waals surface area contributed by atoms with E-state index in [1.54, 1.807) is 18.2 Å². The van der Waals surface area contributed by atoms with Crippen LogP contribution in [0.4, 0.5) is 0 Å². The van der Waals surface area contributed by atoms with Gasteiger partial charge in [0.15, 0.2) is 5.84 Å². The summed E-state index contributed by atoms with van der Waals surface area (Å²) in [6, 6.07) is 16.2. The second-order valence-electron chi connectivity index (χ2n) is 9.40. The minimum atomic E-state index is -0.117. The molecule has 0 saturated carbocycles. The topological polar surface area (TPSA) is 96.7 Å². The van der Waals surface area contributed by atoms with Gasteiger partial charge in [-0.15, -0.1) is 0 Å². The number of aryl methyl sites for hydroxylation is 1. The molecular weight excluding hydrogens is 426 g/mol. The summed E-state index contributed by atoms with van der Waals surface area (Å²) >= 11 is 0. The number of hydrogen-bond donors (Lipinski definition) is 2. The first-order valence-corrected chi connectivity index (χ1v) is 12.3. The van der Waals surface area contributed by atoms with E-state index in [1.165, 1.54) is 19.3 Å². The lowest BCUT2D eigenvalue weighted by Gasteiger charge is -2.39. The van der Waals surface area contributed by atoms with Crippen LogP contribution in [0.15, 0.2) is 58.5 Å². The molecule has 1 saturated heterocycles. The van der Waals surface area contributed by atoms with Gasteiger partial charge >= 0.3 is 0 Å². The summed E-state index contributed by atoms with van der Waals surface area (Å²) < 4.78 is 1.85. The first kappa shape index (κ1) is 24.0. The van der Waals surface area contributed by atoms with E-state index in [9.17, 15) is 4.79 Å². The number of amidine groups is 1. The van der Waals surface area contributed by atoms with Crippen molar-refractivity contribution in [2.75, 3.05) is 6.54 Å². The average Bonchev–Trinajstić information content (AvgIpc) is 2.85. The van der Waals surface area contributed by atoms with Gasteiger partial charge in [0.05, 0.1) is 11.0 Å². The highest BCUT2D eigenvalue weighted by molar-refractivity contribution is 5.98. The number of likely N-dealkylation sites (tertiary alicyclic amines) is 1. The summed E-state index contributed by atoms with van der Waals surface area (Å²) in [5.74, 6) is 0.000284. The van der Waals surface area contributed by atoms with Crippen LogP contribution in [0.5, 0.6) is 0 Å². The number of nitrogens with zero attached hydrogens (tertiary/aromatic N) is 4. The maximum atomic E-state index is 13.5. The number of rotatable bonds is 8. The lowest BCUT2D eigenvalue weighted by Crippen LogP contribution is -2.44. The van der Waals surface area contributed by atoms with Crippen LogP contribution in [-0.2, 0) is 6.54 Å². The number of fused-ring (bicyclic) bond motifs is 1. The fraction of sp³-hybridized carbons (Fsp3) is 0.444. The van der Waals surface area contributed by atoms with Crippen molar-refractivity contribution in [1.29, 1.82) is 0 Å². The molecule has 0 radical (unpaired) electrons. The Morgan fingerprint density at radius 1 is 1.06 bits per heavy atom. The van der Waals surface area contributed by atoms with E-state index in [0.29, 0.717) is 35.4 Å². The quantitative estimate of drug-likeness (QED) is 0.168. The van der Waals surface area contributed by atoms with E-state index in [4.69, 9.17) is 10.9 Å². The lowest BCUT2D eigenvalue weighted by atomic mass is 9.97. The van der Waals surface area contributed by atoms with Crippen LogP contribution in [0.1, 0.15) is 57.9 Å². The van der Waals surface area contributed by atoms with E-state index in [-0.39, 0.29) is 11.4 Å². The van der Waals surface area contributed by atoms with Crippen LogP contribution in [-0.4, -0.2) is 44.1 Å². The number of aromatic nitrogens is 2. The summed E-state index contributed by atoms with van der Waals surface area (Å²) in [7, 11) is 0. The Balaban J connectivity index is 1.53. The number of piperidine rings is 1. The molecule has 7 nitrogen and oxygen atoms in total. The highest BCUT2D eigenvalue weighted by Gasteiger charge is 2.23. The summed E-state index contributed by atoms with van der Waals surface area (Å²) in [4.78, 5) is 20.8. The van der Waals surface area contributed by atoms with Gasteiger partial charge in [-0.25, -0.2) is 4.98 Å². The van der Waals surface area contributed by atoms with Crippen LogP contribution in [0.2, 0.25) is 0 Å². The highest BCUT2D eigenvalue weighted by atomic mass is 16.4. The number of benzene rings is 2. The zero-order valence-electron chi connectivity index (χ0n) is 20.2. The maximum absolute atomic E-state index is 13.5. The second kappa shape index (κ2) is 10.8. The van der Waals surface area contributed by atoms with Gasteiger partial charge in [-0.05, 0) is 64.3 Å². The molecule has 7 heteroatoms. The summed E-state index contributed by atoms with van der Waals surface area (Å²) in [5, 5.41) is 12.1. The van der Waals surface area contributed by atoms with Crippen LogP contribution < -0.4 is 11.3 Å². The minimum absolute atomic E-state index is 0.000284. The predicted molar refractivity (Wildman–Crippen MR) is 137 cm³/mol. The third kappa shape index (κ3) is 5.14. The van der Waals surface area contributed by atoms with Gasteiger partial charge in [-0.1, -0.05) is 48.3 Å². The molecule has 2 aromatic carbocycles. The number of nitrogens with two attached hydrogens (primary N) is 1. The van der Waals surface area contributed by atoms with Crippen molar-refractivity contribution < 1.29 is 5.21 Å². The van der Waals surface area contributed by atoms with Gasteiger partial charge in [0, 0.05) is 29.8 Å². The van der Waals surface area contributed by atoms with E-state index >= 15 is 0 Å². The Morgan fingerprint density at radius 3 is 2.56 bits per heavy atom. The lowest BCUT2D eigenvalue weighted by molar-refractivity contribution is 0.101. The molecular formula is C27H35N5O2. The summed E-state index contributed by atoms with van der Waals surface area (Å²) in [6.45, 7) is 6.46. The van der Waals surface area contributed by atoms with Crippen molar-refractivity contribution in [3.63, 3.8) is 0 Å². The van der Waals surface area contributed by atoms with Crippen LogP contribution in [0.3, 0.4) is 0 Å². The summed E-state index contributed by atoms with van der Waals surface area (Å²) in [6.07, 6.45) is 7.08. The Bertz CT molecular complexity index is 1210. The van der Waals surface area contributed by atoms with Crippen LogP contribution >= 0.6 is 0 Å². The largest absolute Gasteiger partial charge is 0.409 e. The Kier molecular flexibility index (Phi) is 7.63. The zero-order valence-corrected chi connectivity index (χ0v) is 20.2. The van der Waals surface area contributed by atoms with Crippen molar-refractivity contribution >= 4 is 16.9 Å². The van der Waals surface area contributed by atoms with E-state index in [1.807, 2.05) is 34.9 Å². The van der Waals surface area contributed by atoms with Crippen molar-refractivity contribution in [3.05, 3.63) is 64.4 Å². The van der Waals surface area contributed by atoms with Gasteiger partial charge < -0.3 is 15.5 Å². The molecule has 180 valence electrons. The molecule has 0 amide bonds. The molecule has 0 bridgehead atoms. The molecule has 4 rings (SSSR count). The van der Waals surface area contributed by atoms with Gasteiger partial charge in [-0.2, -0.15) is 0 Å². The third-order valence-electron chi connectivity index (χ3n) is 7.07. The molecule has 1 aliphatic rings. The summed E-state index contributed by atoms with van der Waals surface area (Å²) in [5.41, 5.74) is 8.84. The molecule has 1 aromatic heterocycles. The first-order chi connectivity index (χ1) is 16.5. The Hall–Kier alpha value is -3.19. The van der Waals surface area contributed by atoms with E-state index in [0.717, 1.165) is 36.8 Å². The maximum Gasteiger partial charge on any atom is 0.277 e. The normalized spacial score (nSPS) is 19.5. The molecule has 3 N–H and O–H groups in total. The molecule has 3 aromatic rings. The van der Waals surface area contributed by atoms with Gasteiger partial charge in [-0.3, -0.25) is 9.69 Å². The molecule has 1 aliphatic heterocycles. The number of para-hydroxylation sites is 2. The van der Waals surface area contributed by atoms with Gasteiger partial charge in [0.2, 0.25) is 0 Å². The van der Waals surface area contributed by atoms with Crippen molar-refractivity contribution in [2.45, 2.75) is 71.0 Å². The van der Waals surface area contributed by atoms with Gasteiger partial charge in [0.1, 0.15) is 5.69 Å². The average molecular weight is 462 g/mol. The molecule has 34 heavy (non-hydrogen) atoms. The fourth-order valence-corrected chi connectivity index (χ4v) is 5.14. The Morgan fingerprint density at radius 2 is 1.79 bits per heavy atom. The molecule has 0 aliphatic carbocycles. The van der Waals surface area contributed by atoms with Crippen LogP contribution in [0.25, 0.3) is 22.3 Å². The van der Waals surface area contributed by atoms with E-state index < -0.39 is 0 Å². The molecule has 2 heterocycles. The number of hydrogen-bond acceptors (Lipinski definition) is 5. The zero-order chi connectivity index (χ0) is 24.1. The SMILES string of the molecule is C[C@@H]1CCC[C@H](C)N1CCCCCn1c(=O)c(-c2cccc(/C(N)=N/O)c2)nc2ccccc21. The number of unbranched alkanes of at least 4 members (excludes halogenated alkanes) is 2. The highest BCUT2D eigenvalue weighted by Crippen LogP contribution is 2.23. The predicted octanol–water partition coefficient (Wildman–Crippen LogP) is 4.59. The Labute approximate surface area is 200 Å². The second-order valence-corrected chi connectivity index (χ2v) is 9.40. The van der Waals surface area contributed by atoms with Crippen LogP contribution in [0, 0.1) is 0 Å². The molecule has 1 fully saturated rings. The third-order valence-corrected chi connectivity index (χ3v) is 7.07. The van der Waals surface area contributed by atoms with E-state index in [2.05, 4.69) is 28.9 Å². The monoisotopic (exact) mass is 461 g/mol. The standard InChI is InChI=1S/C27H35N5O2/c1-19-10-8-11-20(2)31(19)16-6-3-7-17-32-24-15-5-4-14-23(24)29-25(27(32)33)21-12-9-13-22(18-21)26(28)30-34/h4-5,9,12-15,18-20,34H,3,6-8,10-11,16-17H2,1-2H3,(H2,28,30)/t19-,20+.